The molecule has 5 nitrogen and oxygen atoms in total. The molecule has 6 heteroatoms. The minimum absolute atomic E-state index is 0.163. The van der Waals surface area contributed by atoms with Crippen LogP contribution >= 0.6 is 0 Å². The first kappa shape index (κ1) is 13.0. The quantitative estimate of drug-likeness (QED) is 0.807. The fourth-order valence-electron chi connectivity index (χ4n) is 1.18. The van der Waals surface area contributed by atoms with Gasteiger partial charge in [0.05, 0.1) is 0 Å². The SMILES string of the molecule is CCNC(=O)COc1cc(F)ccc1C(=O)O. The molecule has 0 heterocycles. The summed E-state index contributed by atoms with van der Waals surface area (Å²) in [5, 5.41) is 11.3. The van der Waals surface area contributed by atoms with Gasteiger partial charge in [0, 0.05) is 12.6 Å². The van der Waals surface area contributed by atoms with Gasteiger partial charge in [-0.1, -0.05) is 0 Å². The van der Waals surface area contributed by atoms with Crippen LogP contribution in [0.25, 0.3) is 0 Å². The Morgan fingerprint density at radius 1 is 1.47 bits per heavy atom. The van der Waals surface area contributed by atoms with Gasteiger partial charge in [0.15, 0.2) is 6.61 Å². The molecule has 1 rings (SSSR count). The van der Waals surface area contributed by atoms with Gasteiger partial charge >= 0.3 is 5.97 Å². The number of carboxylic acid groups (broad SMARTS) is 1. The molecule has 0 spiro atoms. The van der Waals surface area contributed by atoms with Crippen molar-refractivity contribution >= 4 is 11.9 Å². The van der Waals surface area contributed by atoms with Crippen molar-refractivity contribution in [3.63, 3.8) is 0 Å². The third-order valence-electron chi connectivity index (χ3n) is 1.91. The van der Waals surface area contributed by atoms with Crippen LogP contribution in [0, 0.1) is 5.82 Å². The number of benzene rings is 1. The summed E-state index contributed by atoms with van der Waals surface area (Å²) in [6.07, 6.45) is 0. The van der Waals surface area contributed by atoms with Crippen LogP contribution in [0.5, 0.6) is 5.75 Å². The molecule has 1 amide bonds. The lowest BCUT2D eigenvalue weighted by Crippen LogP contribution is -2.28. The number of hydrogen-bond donors (Lipinski definition) is 2. The Labute approximate surface area is 97.2 Å². The predicted molar refractivity (Wildman–Crippen MR) is 57.5 cm³/mol. The monoisotopic (exact) mass is 241 g/mol. The van der Waals surface area contributed by atoms with Crippen LogP contribution in [0.4, 0.5) is 4.39 Å². The lowest BCUT2D eigenvalue weighted by molar-refractivity contribution is -0.123. The van der Waals surface area contributed by atoms with E-state index in [0.717, 1.165) is 18.2 Å². The summed E-state index contributed by atoms with van der Waals surface area (Å²) in [5.41, 5.74) is -0.185. The van der Waals surface area contributed by atoms with Gasteiger partial charge in [-0.05, 0) is 19.1 Å². The third kappa shape index (κ3) is 3.75. The summed E-state index contributed by atoms with van der Waals surface area (Å²) in [6.45, 7) is 1.83. The summed E-state index contributed by atoms with van der Waals surface area (Å²) in [5.74, 6) is -2.42. The number of nitrogens with one attached hydrogen (secondary N) is 1. The second-order valence-electron chi connectivity index (χ2n) is 3.19. The first-order chi connectivity index (χ1) is 8.04. The summed E-state index contributed by atoms with van der Waals surface area (Å²) < 4.78 is 17.9. The highest BCUT2D eigenvalue weighted by Crippen LogP contribution is 2.19. The van der Waals surface area contributed by atoms with E-state index in [9.17, 15) is 14.0 Å². The largest absolute Gasteiger partial charge is 0.483 e. The first-order valence-electron chi connectivity index (χ1n) is 4.97. The number of aromatic carboxylic acids is 1. The fraction of sp³-hybridized carbons (Fsp3) is 0.273. The van der Waals surface area contributed by atoms with Crippen molar-refractivity contribution in [3.05, 3.63) is 29.6 Å². The standard InChI is InChI=1S/C11H12FNO4/c1-2-13-10(14)6-17-9-5-7(12)3-4-8(9)11(15)16/h3-5H,2,6H2,1H3,(H,13,14)(H,15,16). The second-order valence-corrected chi connectivity index (χ2v) is 3.19. The zero-order valence-electron chi connectivity index (χ0n) is 9.20. The number of halogens is 1. The molecule has 0 aliphatic rings. The number of carbonyl (C=O) groups is 2. The van der Waals surface area contributed by atoms with Crippen LogP contribution in [-0.2, 0) is 4.79 Å². The van der Waals surface area contributed by atoms with Crippen LogP contribution in [0.1, 0.15) is 17.3 Å². The van der Waals surface area contributed by atoms with E-state index >= 15 is 0 Å². The van der Waals surface area contributed by atoms with E-state index in [1.807, 2.05) is 0 Å². The average Bonchev–Trinajstić information content (AvgIpc) is 2.26. The molecule has 2 N–H and O–H groups in total. The molecular weight excluding hydrogens is 229 g/mol. The molecular formula is C11H12FNO4. The highest BCUT2D eigenvalue weighted by atomic mass is 19.1. The maximum atomic E-state index is 12.9. The van der Waals surface area contributed by atoms with Gasteiger partial charge in [0.2, 0.25) is 0 Å². The van der Waals surface area contributed by atoms with Crippen LogP contribution < -0.4 is 10.1 Å². The number of carboxylic acids is 1. The Bertz CT molecular complexity index is 433. The third-order valence-corrected chi connectivity index (χ3v) is 1.91. The lowest BCUT2D eigenvalue weighted by Gasteiger charge is -2.08. The van der Waals surface area contributed by atoms with Gasteiger partial charge < -0.3 is 15.2 Å². The molecule has 92 valence electrons. The molecule has 17 heavy (non-hydrogen) atoms. The molecule has 0 radical (unpaired) electrons. The highest BCUT2D eigenvalue weighted by molar-refractivity contribution is 5.91. The van der Waals surface area contributed by atoms with E-state index in [2.05, 4.69) is 5.32 Å². The maximum absolute atomic E-state index is 12.9. The van der Waals surface area contributed by atoms with Crippen molar-refractivity contribution in [2.75, 3.05) is 13.2 Å². The number of likely N-dealkylation sites (N-methyl/N-ethyl adjacent to an activating group) is 1. The zero-order valence-corrected chi connectivity index (χ0v) is 9.20. The van der Waals surface area contributed by atoms with E-state index in [0.29, 0.717) is 6.54 Å². The van der Waals surface area contributed by atoms with Crippen molar-refractivity contribution in [1.29, 1.82) is 0 Å². The van der Waals surface area contributed by atoms with Crippen LogP contribution in [0.3, 0.4) is 0 Å². The van der Waals surface area contributed by atoms with E-state index in [4.69, 9.17) is 9.84 Å². The number of hydrogen-bond acceptors (Lipinski definition) is 3. The number of amides is 1. The van der Waals surface area contributed by atoms with Gasteiger partial charge in [-0.25, -0.2) is 9.18 Å². The Balaban J connectivity index is 2.78. The van der Waals surface area contributed by atoms with Gasteiger partial charge in [-0.15, -0.1) is 0 Å². The molecule has 0 atom stereocenters. The molecule has 1 aromatic carbocycles. The van der Waals surface area contributed by atoms with Crippen molar-refractivity contribution in [1.82, 2.24) is 5.32 Å². The molecule has 0 fully saturated rings. The minimum atomic E-state index is -1.24. The predicted octanol–water partition coefficient (Wildman–Crippen LogP) is 1.04. The Morgan fingerprint density at radius 2 is 2.18 bits per heavy atom. The van der Waals surface area contributed by atoms with Crippen molar-refractivity contribution in [3.8, 4) is 5.75 Å². The van der Waals surface area contributed by atoms with Crippen molar-refractivity contribution in [2.45, 2.75) is 6.92 Å². The van der Waals surface area contributed by atoms with Crippen LogP contribution in [0.15, 0.2) is 18.2 Å². The van der Waals surface area contributed by atoms with E-state index in [1.165, 1.54) is 0 Å². The average molecular weight is 241 g/mol. The van der Waals surface area contributed by atoms with Crippen LogP contribution in [-0.4, -0.2) is 30.1 Å². The molecule has 0 aliphatic carbocycles. The van der Waals surface area contributed by atoms with E-state index < -0.39 is 17.7 Å². The van der Waals surface area contributed by atoms with Crippen molar-refractivity contribution in [2.24, 2.45) is 0 Å². The molecule has 0 aromatic heterocycles. The van der Waals surface area contributed by atoms with E-state index in [1.54, 1.807) is 6.92 Å². The normalized spacial score (nSPS) is 9.76. The highest BCUT2D eigenvalue weighted by Gasteiger charge is 2.13. The summed E-state index contributed by atoms with van der Waals surface area (Å²) in [6, 6.07) is 3.04. The molecule has 0 saturated heterocycles. The molecule has 0 aliphatic heterocycles. The summed E-state index contributed by atoms with van der Waals surface area (Å²) in [7, 11) is 0. The Kier molecular flexibility index (Phi) is 4.45. The number of carbonyl (C=O) groups excluding carboxylic acids is 1. The topological polar surface area (TPSA) is 75.6 Å². The van der Waals surface area contributed by atoms with Gasteiger partial charge in [0.1, 0.15) is 17.1 Å². The summed E-state index contributed by atoms with van der Waals surface area (Å²) >= 11 is 0. The first-order valence-corrected chi connectivity index (χ1v) is 4.97. The maximum Gasteiger partial charge on any atom is 0.339 e. The van der Waals surface area contributed by atoms with Crippen LogP contribution in [0.2, 0.25) is 0 Å². The Morgan fingerprint density at radius 3 is 2.76 bits per heavy atom. The molecule has 1 aromatic rings. The zero-order chi connectivity index (χ0) is 12.8. The van der Waals surface area contributed by atoms with Gasteiger partial charge in [-0.3, -0.25) is 4.79 Å². The number of ether oxygens (including phenoxy) is 1. The Hall–Kier alpha value is -2.11. The van der Waals surface area contributed by atoms with E-state index in [-0.39, 0.29) is 17.9 Å². The summed E-state index contributed by atoms with van der Waals surface area (Å²) in [4.78, 5) is 21.9. The number of rotatable bonds is 5. The van der Waals surface area contributed by atoms with Gasteiger partial charge in [0.25, 0.3) is 5.91 Å². The smallest absolute Gasteiger partial charge is 0.339 e. The minimum Gasteiger partial charge on any atom is -0.483 e. The molecule has 0 unspecified atom stereocenters. The lowest BCUT2D eigenvalue weighted by atomic mass is 10.2. The second kappa shape index (κ2) is 5.83. The fourth-order valence-corrected chi connectivity index (χ4v) is 1.18. The van der Waals surface area contributed by atoms with Crippen molar-refractivity contribution < 1.29 is 23.8 Å². The molecule has 0 bridgehead atoms. The van der Waals surface area contributed by atoms with Gasteiger partial charge in [-0.2, -0.15) is 0 Å². The molecule has 0 saturated carbocycles.